The summed E-state index contributed by atoms with van der Waals surface area (Å²) in [4.78, 5) is 24.8. The van der Waals surface area contributed by atoms with E-state index < -0.39 is 0 Å². The highest BCUT2D eigenvalue weighted by molar-refractivity contribution is 5.98. The number of hydrogen-bond acceptors (Lipinski definition) is 5. The van der Waals surface area contributed by atoms with Crippen molar-refractivity contribution in [1.29, 1.82) is 0 Å². The van der Waals surface area contributed by atoms with Crippen LogP contribution in [0, 0.1) is 0 Å². The van der Waals surface area contributed by atoms with E-state index in [1.54, 1.807) is 0 Å². The van der Waals surface area contributed by atoms with E-state index in [2.05, 4.69) is 162 Å². The van der Waals surface area contributed by atoms with Gasteiger partial charge in [-0.25, -0.2) is 15.0 Å². The molecule has 0 aliphatic carbocycles. The molecule has 5 nitrogen and oxygen atoms in total. The molecule has 0 saturated heterocycles. The first kappa shape index (κ1) is 29.8. The van der Waals surface area contributed by atoms with Gasteiger partial charge in [0.1, 0.15) is 0 Å². The number of aromatic nitrogens is 5. The maximum atomic E-state index is 5.26. The fraction of sp³-hybridized carbons (Fsp3) is 0. The van der Waals surface area contributed by atoms with Crippen LogP contribution < -0.4 is 0 Å². The van der Waals surface area contributed by atoms with Crippen LogP contribution in [0.1, 0.15) is 0 Å². The van der Waals surface area contributed by atoms with Gasteiger partial charge in [-0.05, 0) is 98.4 Å². The molecule has 0 aliphatic heterocycles. The Balaban J connectivity index is 1.24. The van der Waals surface area contributed by atoms with E-state index >= 15 is 0 Å². The molecule has 0 aliphatic rings. The summed E-state index contributed by atoms with van der Waals surface area (Å²) in [5.41, 5.74) is 9.03. The minimum absolute atomic E-state index is 0.605. The number of fused-ring (bicyclic) bond motifs is 4. The van der Waals surface area contributed by atoms with E-state index in [0.717, 1.165) is 82.3 Å². The van der Waals surface area contributed by atoms with Crippen molar-refractivity contribution in [3.05, 3.63) is 176 Å². The zero-order valence-corrected chi connectivity index (χ0v) is 28.0. The van der Waals surface area contributed by atoms with Crippen LogP contribution in [0.4, 0.5) is 0 Å². The van der Waals surface area contributed by atoms with Crippen molar-refractivity contribution in [1.82, 2.24) is 24.9 Å². The van der Waals surface area contributed by atoms with Crippen molar-refractivity contribution >= 4 is 43.4 Å². The molecule has 0 unspecified atom stereocenters. The normalized spacial score (nSPS) is 11.5. The Morgan fingerprint density at radius 2 is 0.731 bits per heavy atom. The van der Waals surface area contributed by atoms with Crippen LogP contribution in [0.5, 0.6) is 0 Å². The number of pyridine rings is 2. The molecule has 0 bridgehead atoms. The van der Waals surface area contributed by atoms with Gasteiger partial charge in [0.2, 0.25) is 0 Å². The monoisotopic (exact) mass is 663 g/mol. The molecule has 0 amide bonds. The summed E-state index contributed by atoms with van der Waals surface area (Å²) in [6.07, 6.45) is 3.66. The van der Waals surface area contributed by atoms with Gasteiger partial charge in [-0.3, -0.25) is 9.97 Å². The summed E-state index contributed by atoms with van der Waals surface area (Å²) >= 11 is 0. The third-order valence-electron chi connectivity index (χ3n) is 9.76. The van der Waals surface area contributed by atoms with Crippen molar-refractivity contribution < 1.29 is 0 Å². The zero-order chi connectivity index (χ0) is 34.4. The Hall–Kier alpha value is -7.11. The highest BCUT2D eigenvalue weighted by Crippen LogP contribution is 2.37. The molecule has 5 heteroatoms. The first-order valence-corrected chi connectivity index (χ1v) is 17.3. The van der Waals surface area contributed by atoms with Crippen LogP contribution in [0.3, 0.4) is 0 Å². The quantitative estimate of drug-likeness (QED) is 0.183. The van der Waals surface area contributed by atoms with Crippen LogP contribution in [0.15, 0.2) is 176 Å². The molecule has 7 aromatic carbocycles. The lowest BCUT2D eigenvalue weighted by molar-refractivity contribution is 1.08. The molecule has 0 N–H and O–H groups in total. The molecule has 52 heavy (non-hydrogen) atoms. The number of nitrogens with zero attached hydrogens (tertiary/aromatic N) is 5. The van der Waals surface area contributed by atoms with Crippen LogP contribution in [0.2, 0.25) is 0 Å². The van der Waals surface area contributed by atoms with Crippen molar-refractivity contribution in [3.8, 4) is 56.4 Å². The smallest absolute Gasteiger partial charge is 0.164 e. The van der Waals surface area contributed by atoms with Crippen molar-refractivity contribution in [3.63, 3.8) is 0 Å². The van der Waals surface area contributed by atoms with Gasteiger partial charge in [-0.15, -0.1) is 0 Å². The SMILES string of the molecule is c1cnc2ccc(-c3cc(-c4ccc5ncccc5c4)cc(-c4nc(-c5cccc6ccccc56)nc(-c5cccc6ccccc56)n4)c3)cc2c1. The summed E-state index contributed by atoms with van der Waals surface area (Å²) in [6, 6.07) is 57.0. The Labute approximate surface area is 300 Å². The second-order valence-corrected chi connectivity index (χ2v) is 13.0. The van der Waals surface area contributed by atoms with Gasteiger partial charge < -0.3 is 0 Å². The summed E-state index contributed by atoms with van der Waals surface area (Å²) in [6.45, 7) is 0. The predicted molar refractivity (Wildman–Crippen MR) is 213 cm³/mol. The molecule has 0 radical (unpaired) electrons. The van der Waals surface area contributed by atoms with E-state index in [4.69, 9.17) is 15.0 Å². The third-order valence-corrected chi connectivity index (χ3v) is 9.76. The van der Waals surface area contributed by atoms with E-state index in [1.165, 1.54) is 0 Å². The number of benzene rings is 7. The average molecular weight is 664 g/mol. The number of rotatable bonds is 5. The molecule has 3 aromatic heterocycles. The van der Waals surface area contributed by atoms with Crippen LogP contribution in [-0.4, -0.2) is 24.9 Å². The van der Waals surface area contributed by atoms with Crippen molar-refractivity contribution in [2.24, 2.45) is 0 Å². The third kappa shape index (κ3) is 5.32. The lowest BCUT2D eigenvalue weighted by atomic mass is 9.94. The fourth-order valence-corrected chi connectivity index (χ4v) is 7.19. The Morgan fingerprint density at radius 3 is 1.27 bits per heavy atom. The van der Waals surface area contributed by atoms with E-state index in [-0.39, 0.29) is 0 Å². The van der Waals surface area contributed by atoms with Crippen LogP contribution in [0.25, 0.3) is 99.8 Å². The molecule has 3 heterocycles. The number of hydrogen-bond donors (Lipinski definition) is 0. The Morgan fingerprint density at radius 1 is 0.288 bits per heavy atom. The average Bonchev–Trinajstić information content (AvgIpc) is 3.22. The van der Waals surface area contributed by atoms with E-state index in [0.29, 0.717) is 17.5 Å². The Kier molecular flexibility index (Phi) is 7.07. The van der Waals surface area contributed by atoms with Gasteiger partial charge in [0.15, 0.2) is 17.5 Å². The van der Waals surface area contributed by atoms with Gasteiger partial charge in [0.25, 0.3) is 0 Å². The second kappa shape index (κ2) is 12.3. The molecular weight excluding hydrogens is 635 g/mol. The Bertz CT molecular complexity index is 2780. The van der Waals surface area contributed by atoms with Gasteiger partial charge >= 0.3 is 0 Å². The molecular formula is C47H29N5. The van der Waals surface area contributed by atoms with Crippen LogP contribution in [-0.2, 0) is 0 Å². The first-order chi connectivity index (χ1) is 25.7. The molecule has 10 rings (SSSR count). The molecule has 10 aromatic rings. The largest absolute Gasteiger partial charge is 0.256 e. The van der Waals surface area contributed by atoms with Gasteiger partial charge in [-0.2, -0.15) is 0 Å². The highest BCUT2D eigenvalue weighted by Gasteiger charge is 2.17. The van der Waals surface area contributed by atoms with E-state index in [1.807, 2.05) is 24.5 Å². The molecule has 242 valence electrons. The molecule has 0 spiro atoms. The summed E-state index contributed by atoms with van der Waals surface area (Å²) < 4.78 is 0. The first-order valence-electron chi connectivity index (χ1n) is 17.3. The summed E-state index contributed by atoms with van der Waals surface area (Å²) in [5, 5.41) is 6.62. The van der Waals surface area contributed by atoms with Gasteiger partial charge in [0.05, 0.1) is 11.0 Å². The maximum Gasteiger partial charge on any atom is 0.164 e. The summed E-state index contributed by atoms with van der Waals surface area (Å²) in [5.74, 6) is 1.87. The molecule has 0 saturated carbocycles. The zero-order valence-electron chi connectivity index (χ0n) is 28.0. The molecule has 0 fully saturated rings. The minimum Gasteiger partial charge on any atom is -0.256 e. The van der Waals surface area contributed by atoms with E-state index in [9.17, 15) is 0 Å². The van der Waals surface area contributed by atoms with Gasteiger partial charge in [0, 0.05) is 39.9 Å². The standard InChI is InChI=1S/C47H29N5/c1-3-15-39-30(9-1)11-5-17-41(39)46-50-45(51-47(52-46)42-18-6-12-31-10-2-4-16-40(31)42)38-28-36(32-19-21-43-34(25-32)13-7-23-48-43)27-37(29-38)33-20-22-44-35(26-33)14-8-24-49-44/h1-29H. The lowest BCUT2D eigenvalue weighted by Gasteiger charge is -2.14. The van der Waals surface area contributed by atoms with Crippen LogP contribution >= 0.6 is 0 Å². The minimum atomic E-state index is 0.605. The predicted octanol–water partition coefficient (Wildman–Crippen LogP) is 11.6. The highest BCUT2D eigenvalue weighted by atomic mass is 15.0. The maximum absolute atomic E-state index is 5.26. The van der Waals surface area contributed by atoms with Crippen molar-refractivity contribution in [2.45, 2.75) is 0 Å². The molecule has 0 atom stereocenters. The fourth-order valence-electron chi connectivity index (χ4n) is 7.19. The van der Waals surface area contributed by atoms with Crippen molar-refractivity contribution in [2.75, 3.05) is 0 Å². The second-order valence-electron chi connectivity index (χ2n) is 13.0. The lowest BCUT2D eigenvalue weighted by Crippen LogP contribution is -2.01. The topological polar surface area (TPSA) is 64.5 Å². The van der Waals surface area contributed by atoms with Gasteiger partial charge in [-0.1, -0.05) is 109 Å². The summed E-state index contributed by atoms with van der Waals surface area (Å²) in [7, 11) is 0.